The third-order valence-electron chi connectivity index (χ3n) is 4.60. The van der Waals surface area contributed by atoms with Gasteiger partial charge >= 0.3 is 11.9 Å². The fourth-order valence-electron chi connectivity index (χ4n) is 2.82. The normalized spacial score (nSPS) is 16.7. The maximum Gasteiger partial charge on any atom is 0.339 e. The monoisotopic (exact) mass is 384 g/mol. The number of sulfonamides is 1. The number of hydrogen-bond acceptors (Lipinski definition) is 7. The molecule has 0 amide bonds. The SMILES string of the molecule is COC(=O)c1ccc(C(=O)OC)c(S(=O)(=O)NCC2(C)CCNCC2)c1. The highest BCUT2D eigenvalue weighted by Gasteiger charge is 2.31. The quantitative estimate of drug-likeness (QED) is 0.702. The number of methoxy groups -OCH3 is 2. The van der Waals surface area contributed by atoms with E-state index in [0.29, 0.717) is 0 Å². The molecular weight excluding hydrogens is 360 g/mol. The van der Waals surface area contributed by atoms with Crippen LogP contribution >= 0.6 is 0 Å². The summed E-state index contributed by atoms with van der Waals surface area (Å²) in [6.45, 7) is 3.90. The van der Waals surface area contributed by atoms with Gasteiger partial charge in [-0.1, -0.05) is 6.92 Å². The number of carbonyl (C=O) groups excluding carboxylic acids is 2. The third kappa shape index (κ3) is 4.60. The maximum absolute atomic E-state index is 12.8. The van der Waals surface area contributed by atoms with E-state index in [4.69, 9.17) is 0 Å². The molecule has 0 aromatic heterocycles. The van der Waals surface area contributed by atoms with Gasteiger partial charge in [0, 0.05) is 6.54 Å². The molecule has 1 aliphatic rings. The van der Waals surface area contributed by atoms with Gasteiger partial charge in [-0.25, -0.2) is 22.7 Å². The molecule has 8 nitrogen and oxygen atoms in total. The summed E-state index contributed by atoms with van der Waals surface area (Å²) >= 11 is 0. The molecular formula is C17H24N2O6S. The second kappa shape index (κ2) is 8.15. The Labute approximate surface area is 153 Å². The Bertz CT molecular complexity index is 784. The molecule has 1 aromatic rings. The van der Waals surface area contributed by atoms with Crippen LogP contribution in [0, 0.1) is 5.41 Å². The topological polar surface area (TPSA) is 111 Å². The highest BCUT2D eigenvalue weighted by Crippen LogP contribution is 2.28. The first-order chi connectivity index (χ1) is 12.2. The number of hydrogen-bond donors (Lipinski definition) is 2. The van der Waals surface area contributed by atoms with Gasteiger partial charge in [0.05, 0.1) is 30.2 Å². The van der Waals surface area contributed by atoms with E-state index in [1.54, 1.807) is 0 Å². The fraction of sp³-hybridized carbons (Fsp3) is 0.529. The van der Waals surface area contributed by atoms with Crippen LogP contribution in [0.25, 0.3) is 0 Å². The van der Waals surface area contributed by atoms with Crippen LogP contribution in [0.1, 0.15) is 40.5 Å². The molecule has 0 atom stereocenters. The summed E-state index contributed by atoms with van der Waals surface area (Å²) < 4.78 is 37.5. The molecule has 0 saturated carbocycles. The molecule has 1 heterocycles. The zero-order chi connectivity index (χ0) is 19.4. The lowest BCUT2D eigenvalue weighted by Gasteiger charge is -2.34. The number of piperidine rings is 1. The lowest BCUT2D eigenvalue weighted by Crippen LogP contribution is -2.43. The Kier molecular flexibility index (Phi) is 6.38. The van der Waals surface area contributed by atoms with Gasteiger partial charge in [0.1, 0.15) is 0 Å². The van der Waals surface area contributed by atoms with Crippen molar-refractivity contribution in [1.82, 2.24) is 10.0 Å². The Hall–Kier alpha value is -1.97. The van der Waals surface area contributed by atoms with Crippen LogP contribution in [0.4, 0.5) is 0 Å². The first kappa shape index (κ1) is 20.3. The first-order valence-corrected chi connectivity index (χ1v) is 9.72. The molecule has 0 spiro atoms. The van der Waals surface area contributed by atoms with E-state index in [1.807, 2.05) is 6.92 Å². The number of esters is 2. The van der Waals surface area contributed by atoms with Crippen molar-refractivity contribution in [2.45, 2.75) is 24.7 Å². The maximum atomic E-state index is 12.8. The van der Waals surface area contributed by atoms with Gasteiger partial charge in [0.25, 0.3) is 0 Å². The number of nitrogens with one attached hydrogen (secondary N) is 2. The van der Waals surface area contributed by atoms with Gasteiger partial charge in [-0.2, -0.15) is 0 Å². The molecule has 0 aliphatic carbocycles. The molecule has 2 N–H and O–H groups in total. The summed E-state index contributed by atoms with van der Waals surface area (Å²) in [5.41, 5.74) is -0.277. The van der Waals surface area contributed by atoms with E-state index in [2.05, 4.69) is 19.5 Å². The smallest absolute Gasteiger partial charge is 0.339 e. The van der Waals surface area contributed by atoms with Crippen molar-refractivity contribution < 1.29 is 27.5 Å². The van der Waals surface area contributed by atoms with Gasteiger partial charge in [-0.05, 0) is 49.5 Å². The van der Waals surface area contributed by atoms with Gasteiger partial charge in [-0.3, -0.25) is 0 Å². The summed E-state index contributed by atoms with van der Waals surface area (Å²) in [5, 5.41) is 3.24. The highest BCUT2D eigenvalue weighted by atomic mass is 32.2. The van der Waals surface area contributed by atoms with Crippen molar-refractivity contribution in [3.8, 4) is 0 Å². The van der Waals surface area contributed by atoms with Gasteiger partial charge in [0.2, 0.25) is 10.0 Å². The van der Waals surface area contributed by atoms with Gasteiger partial charge < -0.3 is 14.8 Å². The van der Waals surface area contributed by atoms with Crippen molar-refractivity contribution in [2.75, 3.05) is 33.9 Å². The standard InChI is InChI=1S/C17H24N2O6S/c1-17(6-8-18-9-7-17)11-19-26(22,23)14-10-12(15(20)24-2)4-5-13(14)16(21)25-3/h4-5,10,18-19H,6-9,11H2,1-3H3. The number of ether oxygens (including phenoxy) is 2. The van der Waals surface area contributed by atoms with Crippen LogP contribution in [-0.2, 0) is 19.5 Å². The predicted molar refractivity (Wildman–Crippen MR) is 94.5 cm³/mol. The van der Waals surface area contributed by atoms with Gasteiger partial charge in [-0.15, -0.1) is 0 Å². The zero-order valence-corrected chi connectivity index (χ0v) is 15.9. The van der Waals surface area contributed by atoms with E-state index < -0.39 is 22.0 Å². The van der Waals surface area contributed by atoms with E-state index >= 15 is 0 Å². The minimum atomic E-state index is -4.03. The molecule has 144 valence electrons. The van der Waals surface area contributed by atoms with Crippen molar-refractivity contribution >= 4 is 22.0 Å². The lowest BCUT2D eigenvalue weighted by atomic mass is 9.81. The van der Waals surface area contributed by atoms with Crippen molar-refractivity contribution in [3.05, 3.63) is 29.3 Å². The number of carbonyl (C=O) groups is 2. The fourth-order valence-corrected chi connectivity index (χ4v) is 4.24. The molecule has 1 aliphatic heterocycles. The third-order valence-corrected chi connectivity index (χ3v) is 6.04. The molecule has 9 heteroatoms. The minimum absolute atomic E-state index is 0.0357. The second-order valence-corrected chi connectivity index (χ2v) is 8.31. The molecule has 0 bridgehead atoms. The summed E-state index contributed by atoms with van der Waals surface area (Å²) in [5.74, 6) is -1.49. The van der Waals surface area contributed by atoms with Crippen LogP contribution in [0.15, 0.2) is 23.1 Å². The molecule has 26 heavy (non-hydrogen) atoms. The molecule has 0 radical (unpaired) electrons. The van der Waals surface area contributed by atoms with E-state index in [0.717, 1.165) is 39.1 Å². The molecule has 1 aromatic carbocycles. The Morgan fingerprint density at radius 2 is 1.77 bits per heavy atom. The summed E-state index contributed by atoms with van der Waals surface area (Å²) in [6.07, 6.45) is 1.67. The lowest BCUT2D eigenvalue weighted by molar-refractivity contribution is 0.0583. The van der Waals surface area contributed by atoms with E-state index in [1.165, 1.54) is 19.2 Å². The summed E-state index contributed by atoms with van der Waals surface area (Å²) in [7, 11) is -1.67. The highest BCUT2D eigenvalue weighted by molar-refractivity contribution is 7.89. The van der Waals surface area contributed by atoms with Gasteiger partial charge in [0.15, 0.2) is 0 Å². The van der Waals surface area contributed by atoms with Crippen LogP contribution in [0.2, 0.25) is 0 Å². The van der Waals surface area contributed by atoms with Crippen LogP contribution in [-0.4, -0.2) is 54.2 Å². The molecule has 0 unspecified atom stereocenters. The Morgan fingerprint density at radius 1 is 1.15 bits per heavy atom. The van der Waals surface area contributed by atoms with E-state index in [-0.39, 0.29) is 28.0 Å². The summed E-state index contributed by atoms with van der Waals surface area (Å²) in [6, 6.07) is 3.70. The largest absolute Gasteiger partial charge is 0.465 e. The minimum Gasteiger partial charge on any atom is -0.465 e. The van der Waals surface area contributed by atoms with Crippen molar-refractivity contribution in [3.63, 3.8) is 0 Å². The molecule has 1 saturated heterocycles. The Morgan fingerprint density at radius 3 is 2.35 bits per heavy atom. The molecule has 2 rings (SSSR count). The van der Waals surface area contributed by atoms with Crippen LogP contribution < -0.4 is 10.0 Å². The zero-order valence-electron chi connectivity index (χ0n) is 15.1. The molecule has 1 fully saturated rings. The second-order valence-electron chi connectivity index (χ2n) is 6.58. The summed E-state index contributed by atoms with van der Waals surface area (Å²) in [4.78, 5) is 23.4. The average molecular weight is 384 g/mol. The van der Waals surface area contributed by atoms with Crippen LogP contribution in [0.3, 0.4) is 0 Å². The number of benzene rings is 1. The Balaban J connectivity index is 2.35. The van der Waals surface area contributed by atoms with Crippen molar-refractivity contribution in [2.24, 2.45) is 5.41 Å². The van der Waals surface area contributed by atoms with Crippen molar-refractivity contribution in [1.29, 1.82) is 0 Å². The average Bonchev–Trinajstić information content (AvgIpc) is 2.65. The van der Waals surface area contributed by atoms with Crippen LogP contribution in [0.5, 0.6) is 0 Å². The number of rotatable bonds is 6. The predicted octanol–water partition coefficient (Wildman–Crippen LogP) is 0.928. The first-order valence-electron chi connectivity index (χ1n) is 8.23. The van der Waals surface area contributed by atoms with E-state index in [9.17, 15) is 18.0 Å².